The second kappa shape index (κ2) is 10.4. The van der Waals surface area contributed by atoms with Crippen molar-refractivity contribution in [2.24, 2.45) is 5.92 Å². The van der Waals surface area contributed by atoms with E-state index in [0.29, 0.717) is 12.8 Å². The molecule has 0 spiro atoms. The molecule has 0 saturated carbocycles. The van der Waals surface area contributed by atoms with Gasteiger partial charge in [-0.15, -0.1) is 0 Å². The van der Waals surface area contributed by atoms with Crippen LogP contribution in [0.1, 0.15) is 51.2 Å². The molecule has 0 radical (unpaired) electrons. The minimum Gasteiger partial charge on any atom is -0.465 e. The Bertz CT molecular complexity index is 1200. The van der Waals surface area contributed by atoms with E-state index in [-0.39, 0.29) is 17.4 Å². The van der Waals surface area contributed by atoms with E-state index in [1.165, 1.54) is 7.05 Å². The molecule has 0 aliphatic heterocycles. The van der Waals surface area contributed by atoms with Crippen molar-refractivity contribution in [1.82, 2.24) is 19.3 Å². The van der Waals surface area contributed by atoms with E-state index in [1.807, 2.05) is 26.8 Å². The Hall–Kier alpha value is -2.78. The van der Waals surface area contributed by atoms with Gasteiger partial charge in [0.2, 0.25) is 10.0 Å². The fraction of sp³-hybridized carbons (Fsp3) is 0.458. The number of nitrogens with one attached hydrogen (secondary N) is 1. The molecule has 3 aromatic rings. The number of pyridine rings is 1. The number of likely N-dealkylation sites (N-methyl/N-ethyl adjacent to an activating group) is 1. The molecule has 1 N–H and O–H groups in total. The molecule has 0 fully saturated rings. The second-order valence-corrected chi connectivity index (χ2v) is 10.4. The number of esters is 1. The Morgan fingerprint density at radius 3 is 2.45 bits per heavy atom. The zero-order valence-corrected chi connectivity index (χ0v) is 20.6. The van der Waals surface area contributed by atoms with Crippen LogP contribution in [0.5, 0.6) is 0 Å². The number of imidazole rings is 1. The number of nitrogens with zero attached hydrogens (tertiary/aromatic N) is 3. The summed E-state index contributed by atoms with van der Waals surface area (Å²) in [5.41, 5.74) is 3.52. The highest BCUT2D eigenvalue weighted by Crippen LogP contribution is 2.23. The van der Waals surface area contributed by atoms with Crippen molar-refractivity contribution in [2.45, 2.75) is 57.9 Å². The van der Waals surface area contributed by atoms with Crippen LogP contribution in [0.15, 0.2) is 41.4 Å². The number of H-pyrrole nitrogens is 1. The molecule has 33 heavy (non-hydrogen) atoms. The van der Waals surface area contributed by atoms with Crippen LogP contribution < -0.4 is 0 Å². The first-order valence-corrected chi connectivity index (χ1v) is 12.7. The van der Waals surface area contributed by atoms with Gasteiger partial charge in [0.05, 0.1) is 22.7 Å². The van der Waals surface area contributed by atoms with E-state index < -0.39 is 22.0 Å². The Morgan fingerprint density at radius 1 is 1.15 bits per heavy atom. The van der Waals surface area contributed by atoms with Crippen molar-refractivity contribution < 1.29 is 17.9 Å². The smallest absolute Gasteiger partial charge is 0.324 e. The van der Waals surface area contributed by atoms with Gasteiger partial charge in [0, 0.05) is 26.1 Å². The summed E-state index contributed by atoms with van der Waals surface area (Å²) in [6.07, 6.45) is 3.46. The lowest BCUT2D eigenvalue weighted by Crippen LogP contribution is -2.44. The Balaban J connectivity index is 1.83. The van der Waals surface area contributed by atoms with Crippen molar-refractivity contribution >= 4 is 27.0 Å². The van der Waals surface area contributed by atoms with Gasteiger partial charge in [0.25, 0.3) is 0 Å². The van der Waals surface area contributed by atoms with Crippen LogP contribution in [0.4, 0.5) is 0 Å². The third-order valence-electron chi connectivity index (χ3n) is 5.52. The topological polar surface area (TPSA) is 105 Å². The van der Waals surface area contributed by atoms with E-state index in [4.69, 9.17) is 4.74 Å². The number of ether oxygens (including phenoxy) is 1. The molecule has 3 rings (SSSR count). The largest absolute Gasteiger partial charge is 0.465 e. The number of carbonyl (C=O) groups is 1. The highest BCUT2D eigenvalue weighted by Gasteiger charge is 2.34. The molecule has 2 aromatic heterocycles. The van der Waals surface area contributed by atoms with Gasteiger partial charge in [0.15, 0.2) is 0 Å². The van der Waals surface area contributed by atoms with E-state index in [2.05, 4.69) is 15.0 Å². The highest BCUT2D eigenvalue weighted by atomic mass is 32.2. The van der Waals surface area contributed by atoms with Crippen molar-refractivity contribution in [3.05, 3.63) is 53.6 Å². The molecule has 0 bridgehead atoms. The number of sulfonamides is 1. The van der Waals surface area contributed by atoms with Crippen LogP contribution in [-0.4, -0.2) is 53.3 Å². The lowest BCUT2D eigenvalue weighted by molar-refractivity contribution is -0.147. The maximum absolute atomic E-state index is 13.2. The summed E-state index contributed by atoms with van der Waals surface area (Å²) in [4.78, 5) is 24.9. The summed E-state index contributed by atoms with van der Waals surface area (Å²) in [5.74, 6) is 0.504. The Morgan fingerprint density at radius 2 is 1.85 bits per heavy atom. The molecule has 1 atom stereocenters. The molecule has 2 heterocycles. The van der Waals surface area contributed by atoms with Crippen molar-refractivity contribution in [3.8, 4) is 0 Å². The van der Waals surface area contributed by atoms with Crippen LogP contribution in [0.25, 0.3) is 11.0 Å². The van der Waals surface area contributed by atoms with E-state index in [1.54, 1.807) is 37.4 Å². The molecule has 0 amide bonds. The third-order valence-corrected chi connectivity index (χ3v) is 7.41. The summed E-state index contributed by atoms with van der Waals surface area (Å²) in [6, 6.07) is 7.71. The van der Waals surface area contributed by atoms with Gasteiger partial charge in [-0.05, 0) is 43.0 Å². The monoisotopic (exact) mass is 472 g/mol. The Kier molecular flexibility index (Phi) is 7.86. The summed E-state index contributed by atoms with van der Waals surface area (Å²) in [5, 5.41) is 0. The molecule has 178 valence electrons. The zero-order valence-electron chi connectivity index (χ0n) is 19.8. The van der Waals surface area contributed by atoms with Gasteiger partial charge in [-0.25, -0.2) is 13.4 Å². The highest BCUT2D eigenvalue weighted by molar-refractivity contribution is 7.89. The van der Waals surface area contributed by atoms with Gasteiger partial charge < -0.3 is 9.72 Å². The summed E-state index contributed by atoms with van der Waals surface area (Å²) >= 11 is 0. The summed E-state index contributed by atoms with van der Waals surface area (Å²) in [6.45, 7) is 7.83. The van der Waals surface area contributed by atoms with Crippen LogP contribution in [0.3, 0.4) is 0 Å². The lowest BCUT2D eigenvalue weighted by atomic mass is 10.0. The maximum Gasteiger partial charge on any atom is 0.324 e. The van der Waals surface area contributed by atoms with Gasteiger partial charge >= 0.3 is 5.97 Å². The molecule has 0 aliphatic carbocycles. The predicted molar refractivity (Wildman–Crippen MR) is 127 cm³/mol. The van der Waals surface area contributed by atoms with Gasteiger partial charge in [-0.1, -0.05) is 32.9 Å². The second-order valence-electron chi connectivity index (χ2n) is 8.43. The first kappa shape index (κ1) is 24.9. The average molecular weight is 473 g/mol. The van der Waals surface area contributed by atoms with Crippen LogP contribution in [0.2, 0.25) is 0 Å². The van der Waals surface area contributed by atoms with Gasteiger partial charge in [-0.3, -0.25) is 9.78 Å². The van der Waals surface area contributed by atoms with Crippen molar-refractivity contribution in [2.75, 3.05) is 13.7 Å². The summed E-state index contributed by atoms with van der Waals surface area (Å²) in [7, 11) is -2.44. The van der Waals surface area contributed by atoms with E-state index in [0.717, 1.165) is 38.8 Å². The molecule has 0 saturated heterocycles. The molecule has 0 unspecified atom stereocenters. The van der Waals surface area contributed by atoms with Gasteiger partial charge in [0.1, 0.15) is 17.4 Å². The van der Waals surface area contributed by atoms with E-state index in [9.17, 15) is 13.2 Å². The number of hydrogen-bond donors (Lipinski definition) is 1. The van der Waals surface area contributed by atoms with E-state index >= 15 is 0 Å². The molecule has 1 aromatic carbocycles. The number of aryl methyl sites for hydroxylation is 1. The quantitative estimate of drug-likeness (QED) is 0.451. The zero-order chi connectivity index (χ0) is 24.2. The number of rotatable bonds is 10. The fourth-order valence-electron chi connectivity index (χ4n) is 3.72. The third kappa shape index (κ3) is 5.59. The first-order valence-electron chi connectivity index (χ1n) is 11.2. The lowest BCUT2D eigenvalue weighted by Gasteiger charge is -2.27. The summed E-state index contributed by atoms with van der Waals surface area (Å²) < 4.78 is 32.7. The van der Waals surface area contributed by atoms with Crippen LogP contribution in [-0.2, 0) is 32.4 Å². The molecule has 8 nitrogen and oxygen atoms in total. The van der Waals surface area contributed by atoms with Crippen molar-refractivity contribution in [1.29, 1.82) is 0 Å². The Labute approximate surface area is 195 Å². The number of fused-ring (bicyclic) bond motifs is 1. The molecule has 0 aliphatic rings. The van der Waals surface area contributed by atoms with Crippen LogP contribution in [0, 0.1) is 5.92 Å². The fourth-order valence-corrected chi connectivity index (χ4v) is 5.04. The van der Waals surface area contributed by atoms with Crippen LogP contribution >= 0.6 is 0 Å². The molecular weight excluding hydrogens is 440 g/mol. The predicted octanol–water partition coefficient (Wildman–Crippen LogP) is 3.71. The number of carbonyl (C=O) groups excluding carboxylic acids is 1. The average Bonchev–Trinajstić information content (AvgIpc) is 3.22. The SMILES string of the molecule is CCOC(=O)[C@H](CC(C)C)N(C)S(=O)(=O)c1ccc(Cc2nccc3[nH]c(CC)nc23)cc1. The number of hydrogen-bond acceptors (Lipinski definition) is 6. The molecule has 9 heteroatoms. The first-order chi connectivity index (χ1) is 15.7. The number of aromatic amines is 1. The van der Waals surface area contributed by atoms with Crippen molar-refractivity contribution in [3.63, 3.8) is 0 Å². The standard InChI is InChI=1S/C24H32N4O4S/c1-6-22-26-19-12-13-25-20(23(19)27-22)15-17-8-10-18(11-9-17)33(30,31)28(5)21(14-16(3)4)24(29)32-7-2/h8-13,16,21H,6-7,14-15H2,1-5H3,(H,26,27)/t21-/m0/s1. The maximum atomic E-state index is 13.2. The van der Waals surface area contributed by atoms with Gasteiger partial charge in [-0.2, -0.15) is 4.31 Å². The number of aromatic nitrogens is 3. The minimum atomic E-state index is -3.87. The number of benzene rings is 1. The minimum absolute atomic E-state index is 0.130. The normalized spacial score (nSPS) is 13.1. The molecular formula is C24H32N4O4S.